The number of carbonyl (C=O) groups excluding carboxylic acids is 1. The van der Waals surface area contributed by atoms with Crippen LogP contribution >= 0.6 is 0 Å². The van der Waals surface area contributed by atoms with E-state index in [0.29, 0.717) is 12.5 Å². The maximum atomic E-state index is 12.4. The fraction of sp³-hybridized carbons (Fsp3) is 0.500. The minimum Gasteiger partial charge on any atom is -0.449 e. The lowest BCUT2D eigenvalue weighted by Crippen LogP contribution is -2.19. The van der Waals surface area contributed by atoms with Gasteiger partial charge in [0.25, 0.3) is 0 Å². The lowest BCUT2D eigenvalue weighted by molar-refractivity contribution is 0.134. The highest BCUT2D eigenvalue weighted by Gasteiger charge is 2.17. The van der Waals surface area contributed by atoms with Gasteiger partial charge in [-0.1, -0.05) is 26.0 Å². The van der Waals surface area contributed by atoms with Gasteiger partial charge in [0.05, 0.1) is 17.6 Å². The van der Waals surface area contributed by atoms with Crippen LogP contribution in [0.15, 0.2) is 24.3 Å². The number of hydrogen-bond acceptors (Lipinski definition) is 4. The summed E-state index contributed by atoms with van der Waals surface area (Å²) >= 11 is 0. The summed E-state index contributed by atoms with van der Waals surface area (Å²) in [6.07, 6.45) is 1.33. The zero-order valence-electron chi connectivity index (χ0n) is 12.9. The summed E-state index contributed by atoms with van der Waals surface area (Å²) in [6.45, 7) is 5.35. The van der Waals surface area contributed by atoms with Crippen molar-refractivity contribution in [2.24, 2.45) is 5.92 Å². The van der Waals surface area contributed by atoms with Gasteiger partial charge in [-0.3, -0.25) is 0 Å². The van der Waals surface area contributed by atoms with Crippen molar-refractivity contribution in [3.05, 3.63) is 30.1 Å². The Labute approximate surface area is 125 Å². The number of rotatable bonds is 6. The molecular weight excluding hydrogens is 266 g/mol. The van der Waals surface area contributed by atoms with Crippen LogP contribution < -0.4 is 5.32 Å². The number of nitrogens with one attached hydrogen (secondary N) is 1. The number of aromatic nitrogens is 2. The number of imidazole rings is 1. The smallest absolute Gasteiger partial charge is 0.419 e. The normalized spacial score (nSPS) is 11.2. The number of hydrogen-bond donors (Lipinski definition) is 1. The van der Waals surface area contributed by atoms with Crippen molar-refractivity contribution in [2.75, 3.05) is 20.2 Å². The van der Waals surface area contributed by atoms with Gasteiger partial charge in [-0.2, -0.15) is 0 Å². The molecule has 114 valence electrons. The highest BCUT2D eigenvalue weighted by Crippen LogP contribution is 2.17. The van der Waals surface area contributed by atoms with Crippen LogP contribution in [0.4, 0.5) is 4.79 Å². The molecule has 0 bridgehead atoms. The second kappa shape index (κ2) is 7.22. The van der Waals surface area contributed by atoms with Crippen LogP contribution in [0, 0.1) is 5.92 Å². The summed E-state index contributed by atoms with van der Waals surface area (Å²) in [7, 11) is 1.92. The largest absolute Gasteiger partial charge is 0.449 e. The lowest BCUT2D eigenvalue weighted by atomic mass is 10.2. The van der Waals surface area contributed by atoms with Crippen molar-refractivity contribution < 1.29 is 9.53 Å². The number of fused-ring (bicyclic) bond motifs is 1. The molecule has 0 fully saturated rings. The summed E-state index contributed by atoms with van der Waals surface area (Å²) in [5, 5.41) is 3.11. The summed E-state index contributed by atoms with van der Waals surface area (Å²) in [5.41, 5.74) is 1.64. The molecule has 0 aliphatic carbocycles. The molecule has 0 radical (unpaired) electrons. The molecule has 0 aliphatic heterocycles. The Morgan fingerprint density at radius 1 is 1.38 bits per heavy atom. The third-order valence-electron chi connectivity index (χ3n) is 3.18. The summed E-state index contributed by atoms with van der Waals surface area (Å²) < 4.78 is 6.98. The molecule has 5 heteroatoms. The van der Waals surface area contributed by atoms with Crippen molar-refractivity contribution in [3.8, 4) is 0 Å². The predicted molar refractivity (Wildman–Crippen MR) is 83.6 cm³/mol. The molecule has 2 aromatic rings. The van der Waals surface area contributed by atoms with Crippen molar-refractivity contribution in [1.29, 1.82) is 0 Å². The Balaban J connectivity index is 2.28. The van der Waals surface area contributed by atoms with Crippen molar-refractivity contribution >= 4 is 17.1 Å². The van der Waals surface area contributed by atoms with E-state index >= 15 is 0 Å². The molecule has 1 aromatic heterocycles. The molecule has 1 aromatic carbocycles. The third kappa shape index (κ3) is 3.82. The van der Waals surface area contributed by atoms with Crippen molar-refractivity contribution in [1.82, 2.24) is 14.9 Å². The van der Waals surface area contributed by atoms with Crippen LogP contribution in [-0.2, 0) is 11.2 Å². The molecule has 2 rings (SSSR count). The zero-order chi connectivity index (χ0) is 15.2. The minimum atomic E-state index is -0.336. The van der Waals surface area contributed by atoms with Gasteiger partial charge in [-0.15, -0.1) is 0 Å². The molecule has 1 heterocycles. The van der Waals surface area contributed by atoms with Crippen molar-refractivity contribution in [3.63, 3.8) is 0 Å². The molecule has 0 aliphatic rings. The van der Waals surface area contributed by atoms with Gasteiger partial charge >= 0.3 is 6.09 Å². The lowest BCUT2D eigenvalue weighted by Gasteiger charge is -2.10. The van der Waals surface area contributed by atoms with Gasteiger partial charge in [0.1, 0.15) is 5.82 Å². The second-order valence-electron chi connectivity index (χ2n) is 5.53. The number of nitrogens with zero attached hydrogens (tertiary/aromatic N) is 2. The molecule has 0 spiro atoms. The Hall–Kier alpha value is -1.88. The van der Waals surface area contributed by atoms with E-state index in [2.05, 4.69) is 10.3 Å². The monoisotopic (exact) mass is 289 g/mol. The number of aryl methyl sites for hydroxylation is 1. The SMILES string of the molecule is CNCCCc1nc2ccccc2n1C(=O)OCC(C)C. The first-order chi connectivity index (χ1) is 10.1. The van der Waals surface area contributed by atoms with Gasteiger partial charge in [0, 0.05) is 6.42 Å². The van der Waals surface area contributed by atoms with Gasteiger partial charge < -0.3 is 10.1 Å². The van der Waals surface area contributed by atoms with E-state index in [-0.39, 0.29) is 6.09 Å². The van der Waals surface area contributed by atoms with Crippen LogP contribution in [0.3, 0.4) is 0 Å². The number of benzene rings is 1. The summed E-state index contributed by atoms with van der Waals surface area (Å²) in [5.74, 6) is 1.08. The molecule has 0 atom stereocenters. The van der Waals surface area contributed by atoms with Crippen LogP contribution in [0.1, 0.15) is 26.1 Å². The van der Waals surface area contributed by atoms with Crippen LogP contribution in [0.2, 0.25) is 0 Å². The second-order valence-corrected chi connectivity index (χ2v) is 5.53. The molecular formula is C16H23N3O2. The highest BCUT2D eigenvalue weighted by atomic mass is 16.5. The predicted octanol–water partition coefficient (Wildman–Crippen LogP) is 2.83. The molecule has 0 saturated heterocycles. The van der Waals surface area contributed by atoms with E-state index in [1.807, 2.05) is 45.2 Å². The number of carbonyl (C=O) groups is 1. The van der Waals surface area contributed by atoms with Crippen LogP contribution in [0.25, 0.3) is 11.0 Å². The zero-order valence-corrected chi connectivity index (χ0v) is 12.9. The topological polar surface area (TPSA) is 56.2 Å². The first-order valence-corrected chi connectivity index (χ1v) is 7.41. The van der Waals surface area contributed by atoms with Gasteiger partial charge in [-0.25, -0.2) is 14.3 Å². The number of para-hydroxylation sites is 2. The third-order valence-corrected chi connectivity index (χ3v) is 3.18. The Bertz CT molecular complexity index is 605. The van der Waals surface area contributed by atoms with Crippen LogP contribution in [-0.4, -0.2) is 35.8 Å². The molecule has 21 heavy (non-hydrogen) atoms. The van der Waals surface area contributed by atoms with Gasteiger partial charge in [0.2, 0.25) is 0 Å². The molecule has 5 nitrogen and oxygen atoms in total. The van der Waals surface area contributed by atoms with Gasteiger partial charge in [-0.05, 0) is 38.1 Å². The quantitative estimate of drug-likeness (QED) is 0.831. The molecule has 1 N–H and O–H groups in total. The first kappa shape index (κ1) is 15.5. The summed E-state index contributed by atoms with van der Waals surface area (Å²) in [4.78, 5) is 16.9. The fourth-order valence-electron chi connectivity index (χ4n) is 2.17. The van der Waals surface area contributed by atoms with E-state index in [0.717, 1.165) is 36.2 Å². The van der Waals surface area contributed by atoms with Crippen molar-refractivity contribution in [2.45, 2.75) is 26.7 Å². The minimum absolute atomic E-state index is 0.316. The van der Waals surface area contributed by atoms with E-state index < -0.39 is 0 Å². The first-order valence-electron chi connectivity index (χ1n) is 7.41. The molecule has 0 amide bonds. The maximum Gasteiger partial charge on any atom is 0.419 e. The average Bonchev–Trinajstić information content (AvgIpc) is 2.83. The van der Waals surface area contributed by atoms with E-state index in [9.17, 15) is 4.79 Å². The Morgan fingerprint density at radius 2 is 2.14 bits per heavy atom. The standard InChI is InChI=1S/C16H23N3O2/c1-12(2)11-21-16(20)19-14-8-5-4-7-13(14)18-15(19)9-6-10-17-3/h4-5,7-8,12,17H,6,9-11H2,1-3H3. The van der Waals surface area contributed by atoms with Crippen LogP contribution in [0.5, 0.6) is 0 Å². The summed E-state index contributed by atoms with van der Waals surface area (Å²) in [6, 6.07) is 7.66. The Kier molecular flexibility index (Phi) is 5.33. The van der Waals surface area contributed by atoms with Gasteiger partial charge in [0.15, 0.2) is 0 Å². The molecule has 0 saturated carbocycles. The number of ether oxygens (including phenoxy) is 1. The van der Waals surface area contributed by atoms with E-state index in [4.69, 9.17) is 4.74 Å². The molecule has 0 unspecified atom stereocenters. The fourth-order valence-corrected chi connectivity index (χ4v) is 2.17. The van der Waals surface area contributed by atoms with E-state index in [1.54, 1.807) is 4.57 Å². The Morgan fingerprint density at radius 3 is 2.86 bits per heavy atom. The average molecular weight is 289 g/mol. The maximum absolute atomic E-state index is 12.4. The van der Waals surface area contributed by atoms with E-state index in [1.165, 1.54) is 0 Å². The highest BCUT2D eigenvalue weighted by molar-refractivity contribution is 5.87.